The monoisotopic (exact) mass is 316 g/mol. The number of nitrogens with one attached hydrogen (secondary N) is 1. The molecule has 0 bridgehead atoms. The number of halogens is 2. The fourth-order valence-electron chi connectivity index (χ4n) is 1.48. The van der Waals surface area contributed by atoms with Crippen molar-refractivity contribution in [1.82, 2.24) is 4.98 Å². The van der Waals surface area contributed by atoms with Gasteiger partial charge in [-0.05, 0) is 30.7 Å². The molecule has 0 saturated carbocycles. The summed E-state index contributed by atoms with van der Waals surface area (Å²) < 4.78 is 26.7. The number of aromatic nitrogens is 1. The highest BCUT2D eigenvalue weighted by molar-refractivity contribution is 7.92. The summed E-state index contributed by atoms with van der Waals surface area (Å²) in [6, 6.07) is 7.68. The van der Waals surface area contributed by atoms with E-state index in [1.807, 2.05) is 6.92 Å². The van der Waals surface area contributed by atoms with Gasteiger partial charge in [0, 0.05) is 17.3 Å². The van der Waals surface area contributed by atoms with Crippen LogP contribution < -0.4 is 4.72 Å². The number of pyridine rings is 1. The molecule has 0 spiro atoms. The summed E-state index contributed by atoms with van der Waals surface area (Å²) in [5.74, 6) is 0.143. The average Bonchev–Trinajstić information content (AvgIpc) is 2.27. The van der Waals surface area contributed by atoms with Crippen LogP contribution in [0.1, 0.15) is 5.56 Å². The highest BCUT2D eigenvalue weighted by atomic mass is 35.5. The van der Waals surface area contributed by atoms with Crippen LogP contribution >= 0.6 is 23.2 Å². The van der Waals surface area contributed by atoms with Crippen molar-refractivity contribution in [2.24, 2.45) is 0 Å². The van der Waals surface area contributed by atoms with Crippen molar-refractivity contribution < 1.29 is 8.42 Å². The lowest BCUT2D eigenvalue weighted by Gasteiger charge is -2.09. The highest BCUT2D eigenvalue weighted by Crippen LogP contribution is 2.24. The van der Waals surface area contributed by atoms with Gasteiger partial charge >= 0.3 is 0 Å². The number of hydrogen-bond donors (Lipinski definition) is 1. The number of benzene rings is 1. The summed E-state index contributed by atoms with van der Waals surface area (Å²) in [5, 5.41) is 0.553. The Bertz CT molecular complexity index is 717. The van der Waals surface area contributed by atoms with Crippen molar-refractivity contribution in [2.45, 2.75) is 11.8 Å². The van der Waals surface area contributed by atoms with E-state index in [0.717, 1.165) is 5.56 Å². The minimum atomic E-state index is -3.78. The van der Waals surface area contributed by atoms with Gasteiger partial charge in [-0.15, -0.1) is 0 Å². The zero-order valence-electron chi connectivity index (χ0n) is 9.89. The van der Waals surface area contributed by atoms with Gasteiger partial charge in [0.1, 0.15) is 10.7 Å². The third-order valence-corrected chi connectivity index (χ3v) is 4.41. The van der Waals surface area contributed by atoms with Gasteiger partial charge in [-0.1, -0.05) is 29.3 Å². The molecule has 19 heavy (non-hydrogen) atoms. The van der Waals surface area contributed by atoms with Crippen LogP contribution in [0.2, 0.25) is 10.0 Å². The van der Waals surface area contributed by atoms with Crippen LogP contribution in [0.15, 0.2) is 41.4 Å². The predicted octanol–water partition coefficient (Wildman–Crippen LogP) is 3.50. The standard InChI is InChI=1S/C12H10Cl2N2O2S/c1-8-2-3-11(10(14)6-8)19(17,18)16-12-7-9(13)4-5-15-12/h2-7H,1H3,(H,15,16). The Hall–Kier alpha value is -1.30. The lowest BCUT2D eigenvalue weighted by Crippen LogP contribution is -2.14. The fourth-order valence-corrected chi connectivity index (χ4v) is 3.24. The maximum Gasteiger partial charge on any atom is 0.264 e. The third kappa shape index (κ3) is 3.37. The van der Waals surface area contributed by atoms with Crippen LogP contribution in [0, 0.1) is 6.92 Å². The number of nitrogens with zero attached hydrogens (tertiary/aromatic N) is 1. The predicted molar refractivity (Wildman–Crippen MR) is 76.2 cm³/mol. The third-order valence-electron chi connectivity index (χ3n) is 2.34. The van der Waals surface area contributed by atoms with Gasteiger partial charge < -0.3 is 0 Å². The van der Waals surface area contributed by atoms with Crippen molar-refractivity contribution >= 4 is 39.0 Å². The Morgan fingerprint density at radius 1 is 1.16 bits per heavy atom. The van der Waals surface area contributed by atoms with Crippen LogP contribution in [-0.2, 0) is 10.0 Å². The molecular formula is C12H10Cl2N2O2S. The Morgan fingerprint density at radius 2 is 1.89 bits per heavy atom. The van der Waals surface area contributed by atoms with E-state index in [0.29, 0.717) is 5.02 Å². The summed E-state index contributed by atoms with van der Waals surface area (Å²) in [4.78, 5) is 3.88. The molecule has 0 aliphatic rings. The summed E-state index contributed by atoms with van der Waals surface area (Å²) >= 11 is 11.7. The molecule has 0 radical (unpaired) electrons. The first-order valence-electron chi connectivity index (χ1n) is 5.29. The lowest BCUT2D eigenvalue weighted by molar-refractivity contribution is 0.601. The van der Waals surface area contributed by atoms with Gasteiger partial charge in [0.15, 0.2) is 0 Å². The summed E-state index contributed by atoms with van der Waals surface area (Å²) in [6.07, 6.45) is 1.41. The fraction of sp³-hybridized carbons (Fsp3) is 0.0833. The normalized spacial score (nSPS) is 11.3. The van der Waals surface area contributed by atoms with Gasteiger partial charge in [0.05, 0.1) is 5.02 Å². The second-order valence-corrected chi connectivity index (χ2v) is 6.39. The van der Waals surface area contributed by atoms with E-state index >= 15 is 0 Å². The number of sulfonamides is 1. The molecule has 0 saturated heterocycles. The van der Waals surface area contributed by atoms with E-state index in [2.05, 4.69) is 9.71 Å². The van der Waals surface area contributed by atoms with Crippen molar-refractivity contribution in [3.8, 4) is 0 Å². The number of rotatable bonds is 3. The van der Waals surface area contributed by atoms with Gasteiger partial charge in [0.2, 0.25) is 0 Å². The smallest absolute Gasteiger partial charge is 0.263 e. The Kier molecular flexibility index (Phi) is 3.99. The molecule has 0 atom stereocenters. The number of anilines is 1. The van der Waals surface area contributed by atoms with Gasteiger partial charge in [0.25, 0.3) is 10.0 Å². The molecular weight excluding hydrogens is 307 g/mol. The topological polar surface area (TPSA) is 59.1 Å². The van der Waals surface area contributed by atoms with Crippen molar-refractivity contribution in [1.29, 1.82) is 0 Å². The molecule has 7 heteroatoms. The highest BCUT2D eigenvalue weighted by Gasteiger charge is 2.18. The maximum absolute atomic E-state index is 12.2. The van der Waals surface area contributed by atoms with E-state index in [1.165, 1.54) is 18.3 Å². The van der Waals surface area contributed by atoms with E-state index in [4.69, 9.17) is 23.2 Å². The van der Waals surface area contributed by atoms with Crippen molar-refractivity contribution in [3.63, 3.8) is 0 Å². The van der Waals surface area contributed by atoms with E-state index in [1.54, 1.807) is 18.2 Å². The molecule has 0 aliphatic heterocycles. The molecule has 1 N–H and O–H groups in total. The second kappa shape index (κ2) is 5.36. The molecule has 1 aromatic carbocycles. The minimum Gasteiger partial charge on any atom is -0.263 e. The molecule has 4 nitrogen and oxygen atoms in total. The van der Waals surface area contributed by atoms with E-state index < -0.39 is 10.0 Å². The molecule has 0 unspecified atom stereocenters. The van der Waals surface area contributed by atoms with E-state index in [-0.39, 0.29) is 15.7 Å². The van der Waals surface area contributed by atoms with E-state index in [9.17, 15) is 8.42 Å². The Balaban J connectivity index is 2.38. The molecule has 0 fully saturated rings. The minimum absolute atomic E-state index is 0.00143. The van der Waals surface area contributed by atoms with Crippen LogP contribution in [0.3, 0.4) is 0 Å². The van der Waals surface area contributed by atoms with Gasteiger partial charge in [-0.2, -0.15) is 0 Å². The number of aryl methyl sites for hydroxylation is 1. The maximum atomic E-state index is 12.2. The van der Waals surface area contributed by atoms with Crippen molar-refractivity contribution in [2.75, 3.05) is 4.72 Å². The summed E-state index contributed by atoms with van der Waals surface area (Å²) in [6.45, 7) is 1.83. The molecule has 0 amide bonds. The number of hydrogen-bond acceptors (Lipinski definition) is 3. The average molecular weight is 317 g/mol. The zero-order chi connectivity index (χ0) is 14.0. The first-order valence-corrected chi connectivity index (χ1v) is 7.53. The Labute approximate surface area is 121 Å². The quantitative estimate of drug-likeness (QED) is 0.942. The molecule has 2 rings (SSSR count). The van der Waals surface area contributed by atoms with Crippen LogP contribution in [0.5, 0.6) is 0 Å². The summed E-state index contributed by atoms with van der Waals surface area (Å²) in [7, 11) is -3.78. The summed E-state index contributed by atoms with van der Waals surface area (Å²) in [5.41, 5.74) is 0.879. The van der Waals surface area contributed by atoms with Gasteiger partial charge in [-0.25, -0.2) is 13.4 Å². The lowest BCUT2D eigenvalue weighted by atomic mass is 10.2. The Morgan fingerprint density at radius 3 is 2.53 bits per heavy atom. The van der Waals surface area contributed by atoms with Crippen LogP contribution in [0.25, 0.3) is 0 Å². The largest absolute Gasteiger partial charge is 0.264 e. The van der Waals surface area contributed by atoms with Gasteiger partial charge in [-0.3, -0.25) is 4.72 Å². The second-order valence-electron chi connectivity index (χ2n) is 3.90. The molecule has 1 aromatic heterocycles. The molecule has 0 aliphatic carbocycles. The first kappa shape index (κ1) is 14.1. The zero-order valence-corrected chi connectivity index (χ0v) is 12.2. The first-order chi connectivity index (χ1) is 8.88. The molecule has 100 valence electrons. The van der Waals surface area contributed by atoms with Crippen LogP contribution in [-0.4, -0.2) is 13.4 Å². The molecule has 2 aromatic rings. The van der Waals surface area contributed by atoms with Crippen LogP contribution in [0.4, 0.5) is 5.82 Å². The SMILES string of the molecule is Cc1ccc(S(=O)(=O)Nc2cc(Cl)ccn2)c(Cl)c1. The molecule has 1 heterocycles. The van der Waals surface area contributed by atoms with Crippen molar-refractivity contribution in [3.05, 3.63) is 52.1 Å².